The number of rotatable bonds is 5. The summed E-state index contributed by atoms with van der Waals surface area (Å²) in [5, 5.41) is 20.0. The van der Waals surface area contributed by atoms with E-state index in [1.807, 2.05) is 0 Å². The highest BCUT2D eigenvalue weighted by molar-refractivity contribution is 6.12. The molecule has 2 N–H and O–H groups in total. The van der Waals surface area contributed by atoms with Gasteiger partial charge in [0.15, 0.2) is 5.82 Å². The SMILES string of the molecule is Cc1noc2nc(C3CC3)cc(C(=O)Nc3ccn(CC(=O)O)n3)c12. The minimum atomic E-state index is -1.01. The Morgan fingerprint density at radius 3 is 2.96 bits per heavy atom. The Hall–Kier alpha value is -3.23. The van der Waals surface area contributed by atoms with Gasteiger partial charge in [0.25, 0.3) is 11.6 Å². The molecule has 0 aromatic carbocycles. The number of nitrogens with one attached hydrogen (secondary N) is 1. The second-order valence-corrected chi connectivity index (χ2v) is 6.06. The number of amides is 1. The van der Waals surface area contributed by atoms with Gasteiger partial charge in [0.05, 0.1) is 16.6 Å². The van der Waals surface area contributed by atoms with Crippen molar-refractivity contribution >= 4 is 28.8 Å². The molecule has 1 aliphatic rings. The van der Waals surface area contributed by atoms with Crippen molar-refractivity contribution in [1.29, 1.82) is 0 Å². The predicted molar refractivity (Wildman–Crippen MR) is 86.3 cm³/mol. The first-order chi connectivity index (χ1) is 12.0. The van der Waals surface area contributed by atoms with Crippen molar-refractivity contribution in [3.63, 3.8) is 0 Å². The Morgan fingerprint density at radius 2 is 2.24 bits per heavy atom. The molecule has 3 heterocycles. The van der Waals surface area contributed by atoms with Crippen LogP contribution in [0.4, 0.5) is 5.82 Å². The maximum Gasteiger partial charge on any atom is 0.325 e. The quantitative estimate of drug-likeness (QED) is 0.727. The molecule has 0 spiro atoms. The molecule has 9 nitrogen and oxygen atoms in total. The summed E-state index contributed by atoms with van der Waals surface area (Å²) in [6.07, 6.45) is 3.59. The summed E-state index contributed by atoms with van der Waals surface area (Å²) in [5.41, 5.74) is 2.19. The first-order valence-corrected chi connectivity index (χ1v) is 7.85. The molecule has 1 saturated carbocycles. The first-order valence-electron chi connectivity index (χ1n) is 7.85. The highest BCUT2D eigenvalue weighted by Crippen LogP contribution is 2.40. The number of aromatic nitrogens is 4. The largest absolute Gasteiger partial charge is 0.480 e. The number of fused-ring (bicyclic) bond motifs is 1. The molecule has 0 saturated heterocycles. The molecule has 128 valence electrons. The standard InChI is InChI=1S/C16H15N5O4/c1-8-14-10(6-11(9-2-3-9)17-16(14)25-20-8)15(24)18-12-4-5-21(19-12)7-13(22)23/h4-6,9H,2-3,7H2,1H3,(H,22,23)(H,18,19,24). The van der Waals surface area contributed by atoms with Crippen LogP contribution in [0.3, 0.4) is 0 Å². The number of pyridine rings is 1. The zero-order valence-electron chi connectivity index (χ0n) is 13.4. The normalized spacial score (nSPS) is 14.0. The summed E-state index contributed by atoms with van der Waals surface area (Å²) >= 11 is 0. The number of carbonyl (C=O) groups excluding carboxylic acids is 1. The van der Waals surface area contributed by atoms with Crippen molar-refractivity contribution in [1.82, 2.24) is 19.9 Å². The number of hydrogen-bond donors (Lipinski definition) is 2. The first kappa shape index (κ1) is 15.3. The molecule has 3 aromatic rings. The third-order valence-corrected chi connectivity index (χ3v) is 4.06. The second kappa shape index (κ2) is 5.69. The lowest BCUT2D eigenvalue weighted by atomic mass is 10.1. The van der Waals surface area contributed by atoms with E-state index in [0.717, 1.165) is 18.5 Å². The van der Waals surface area contributed by atoms with E-state index < -0.39 is 5.97 Å². The Morgan fingerprint density at radius 1 is 1.44 bits per heavy atom. The van der Waals surface area contributed by atoms with E-state index in [4.69, 9.17) is 9.63 Å². The number of nitrogens with zero attached hydrogens (tertiary/aromatic N) is 4. The zero-order valence-corrected chi connectivity index (χ0v) is 13.4. The van der Waals surface area contributed by atoms with E-state index in [-0.39, 0.29) is 18.3 Å². The van der Waals surface area contributed by atoms with Crippen LogP contribution in [0.25, 0.3) is 11.1 Å². The molecule has 0 bridgehead atoms. The van der Waals surface area contributed by atoms with Crippen LogP contribution < -0.4 is 5.32 Å². The van der Waals surface area contributed by atoms with Crippen molar-refractivity contribution in [2.45, 2.75) is 32.2 Å². The lowest BCUT2D eigenvalue weighted by Gasteiger charge is -2.06. The third kappa shape index (κ3) is 2.95. The number of carbonyl (C=O) groups is 2. The number of aryl methyl sites for hydroxylation is 1. The summed E-state index contributed by atoms with van der Waals surface area (Å²) in [7, 11) is 0. The van der Waals surface area contributed by atoms with Crippen molar-refractivity contribution < 1.29 is 19.2 Å². The number of carboxylic acids is 1. The monoisotopic (exact) mass is 341 g/mol. The molecule has 1 aliphatic carbocycles. The van der Waals surface area contributed by atoms with Gasteiger partial charge < -0.3 is 14.9 Å². The van der Waals surface area contributed by atoms with Gasteiger partial charge in [0.1, 0.15) is 6.54 Å². The van der Waals surface area contributed by atoms with Crippen LogP contribution in [0.15, 0.2) is 22.9 Å². The second-order valence-electron chi connectivity index (χ2n) is 6.06. The molecule has 1 fully saturated rings. The molecule has 3 aromatic heterocycles. The Kier molecular flexibility index (Phi) is 3.48. The molecule has 0 aliphatic heterocycles. The third-order valence-electron chi connectivity index (χ3n) is 4.06. The van der Waals surface area contributed by atoms with Gasteiger partial charge in [-0.15, -0.1) is 0 Å². The Bertz CT molecular complexity index is 986. The topological polar surface area (TPSA) is 123 Å². The molecular formula is C16H15N5O4. The number of aliphatic carboxylic acids is 1. The predicted octanol–water partition coefficient (Wildman–Crippen LogP) is 1.94. The number of hydrogen-bond acceptors (Lipinski definition) is 6. The van der Waals surface area contributed by atoms with Gasteiger partial charge in [0, 0.05) is 23.9 Å². The molecule has 0 unspecified atom stereocenters. The fourth-order valence-corrected chi connectivity index (χ4v) is 2.72. The van der Waals surface area contributed by atoms with Crippen molar-refractivity contribution in [2.24, 2.45) is 0 Å². The van der Waals surface area contributed by atoms with Crippen LogP contribution >= 0.6 is 0 Å². The van der Waals surface area contributed by atoms with Gasteiger partial charge >= 0.3 is 5.97 Å². The van der Waals surface area contributed by atoms with Crippen molar-refractivity contribution in [3.05, 3.63) is 35.3 Å². The fourth-order valence-electron chi connectivity index (χ4n) is 2.72. The Labute approximate surface area is 141 Å². The zero-order chi connectivity index (χ0) is 17.6. The highest BCUT2D eigenvalue weighted by atomic mass is 16.5. The minimum Gasteiger partial charge on any atom is -0.480 e. The van der Waals surface area contributed by atoms with Crippen molar-refractivity contribution in [2.75, 3.05) is 5.32 Å². The van der Waals surface area contributed by atoms with Crippen LogP contribution in [0, 0.1) is 6.92 Å². The maximum absolute atomic E-state index is 12.7. The molecule has 4 rings (SSSR count). The molecule has 25 heavy (non-hydrogen) atoms. The summed E-state index contributed by atoms with van der Waals surface area (Å²) in [4.78, 5) is 27.9. The van der Waals surface area contributed by atoms with E-state index in [1.165, 1.54) is 10.9 Å². The van der Waals surface area contributed by atoms with E-state index >= 15 is 0 Å². The molecule has 0 radical (unpaired) electrons. The van der Waals surface area contributed by atoms with Crippen LogP contribution in [-0.4, -0.2) is 36.9 Å². The van der Waals surface area contributed by atoms with Gasteiger partial charge in [-0.05, 0) is 25.8 Å². The van der Waals surface area contributed by atoms with Crippen LogP contribution in [-0.2, 0) is 11.3 Å². The van der Waals surface area contributed by atoms with Crippen LogP contribution in [0.1, 0.15) is 40.5 Å². The molecule has 0 atom stereocenters. The van der Waals surface area contributed by atoms with Crippen LogP contribution in [0.5, 0.6) is 0 Å². The van der Waals surface area contributed by atoms with E-state index in [1.54, 1.807) is 19.1 Å². The van der Waals surface area contributed by atoms with Crippen LogP contribution in [0.2, 0.25) is 0 Å². The number of anilines is 1. The van der Waals surface area contributed by atoms with E-state index in [0.29, 0.717) is 28.3 Å². The maximum atomic E-state index is 12.7. The Balaban J connectivity index is 1.66. The lowest BCUT2D eigenvalue weighted by Crippen LogP contribution is -2.15. The molecule has 1 amide bonds. The summed E-state index contributed by atoms with van der Waals surface area (Å²) in [6.45, 7) is 1.48. The summed E-state index contributed by atoms with van der Waals surface area (Å²) in [5.74, 6) is -0.735. The van der Waals surface area contributed by atoms with Gasteiger partial charge in [0.2, 0.25) is 0 Å². The minimum absolute atomic E-state index is 0.272. The number of carboxylic acid groups (broad SMARTS) is 1. The summed E-state index contributed by atoms with van der Waals surface area (Å²) in [6, 6.07) is 3.31. The van der Waals surface area contributed by atoms with Crippen molar-refractivity contribution in [3.8, 4) is 0 Å². The lowest BCUT2D eigenvalue weighted by molar-refractivity contribution is -0.137. The fraction of sp³-hybridized carbons (Fsp3) is 0.312. The van der Waals surface area contributed by atoms with Gasteiger partial charge in [-0.1, -0.05) is 5.16 Å². The van der Waals surface area contributed by atoms with Gasteiger partial charge in [-0.2, -0.15) is 5.10 Å². The molecular weight excluding hydrogens is 326 g/mol. The van der Waals surface area contributed by atoms with Gasteiger partial charge in [-0.25, -0.2) is 4.98 Å². The smallest absolute Gasteiger partial charge is 0.325 e. The molecule has 9 heteroatoms. The highest BCUT2D eigenvalue weighted by Gasteiger charge is 2.28. The van der Waals surface area contributed by atoms with E-state index in [9.17, 15) is 9.59 Å². The van der Waals surface area contributed by atoms with Gasteiger partial charge in [-0.3, -0.25) is 14.3 Å². The average molecular weight is 341 g/mol. The average Bonchev–Trinajstić information content (AvgIpc) is 3.23. The van der Waals surface area contributed by atoms with E-state index in [2.05, 4.69) is 20.6 Å². The summed E-state index contributed by atoms with van der Waals surface area (Å²) < 4.78 is 6.47.